The topological polar surface area (TPSA) is 59.0 Å². The van der Waals surface area contributed by atoms with Crippen molar-refractivity contribution < 1.29 is 4.74 Å². The van der Waals surface area contributed by atoms with Crippen LogP contribution in [0.3, 0.4) is 0 Å². The lowest BCUT2D eigenvalue weighted by atomic mass is 9.96. The zero-order chi connectivity index (χ0) is 13.7. The summed E-state index contributed by atoms with van der Waals surface area (Å²) in [6, 6.07) is 15.7. The largest absolute Gasteiger partial charge is 0.497 e. The normalized spacial score (nSPS) is 9.95. The van der Waals surface area contributed by atoms with Crippen molar-refractivity contribution >= 4 is 0 Å². The average molecular weight is 252 g/mol. The second-order valence-corrected chi connectivity index (χ2v) is 4.25. The van der Waals surface area contributed by atoms with Gasteiger partial charge in [0.1, 0.15) is 5.75 Å². The summed E-state index contributed by atoms with van der Waals surface area (Å²) in [5.74, 6) is 0.834. The molecule has 2 N–H and O–H groups in total. The maximum Gasteiger partial charge on any atom is 0.119 e. The molecule has 0 heterocycles. The van der Waals surface area contributed by atoms with Crippen LogP contribution in [-0.2, 0) is 6.42 Å². The molecule has 0 amide bonds. The summed E-state index contributed by atoms with van der Waals surface area (Å²) in [4.78, 5) is 0. The van der Waals surface area contributed by atoms with Gasteiger partial charge in [-0.15, -0.1) is 0 Å². The highest BCUT2D eigenvalue weighted by Crippen LogP contribution is 2.28. The number of nitriles is 1. The number of benzene rings is 2. The Hall–Kier alpha value is -2.31. The Labute approximate surface area is 113 Å². The van der Waals surface area contributed by atoms with E-state index in [1.54, 1.807) is 7.11 Å². The van der Waals surface area contributed by atoms with Crippen LogP contribution < -0.4 is 10.5 Å². The third kappa shape index (κ3) is 2.93. The first kappa shape index (κ1) is 13.1. The first-order chi connectivity index (χ1) is 9.28. The first-order valence-corrected chi connectivity index (χ1v) is 6.16. The van der Waals surface area contributed by atoms with Crippen molar-refractivity contribution in [2.45, 2.75) is 6.42 Å². The van der Waals surface area contributed by atoms with Gasteiger partial charge in [0.15, 0.2) is 0 Å². The Morgan fingerprint density at radius 2 is 1.89 bits per heavy atom. The molecule has 2 aromatic rings. The minimum atomic E-state index is 0.594. The molecule has 0 aliphatic rings. The van der Waals surface area contributed by atoms with Gasteiger partial charge in [-0.1, -0.05) is 18.2 Å². The number of hydrogen-bond acceptors (Lipinski definition) is 3. The Kier molecular flexibility index (Phi) is 4.17. The second-order valence-electron chi connectivity index (χ2n) is 4.25. The van der Waals surface area contributed by atoms with E-state index in [2.05, 4.69) is 6.07 Å². The van der Waals surface area contributed by atoms with E-state index in [1.165, 1.54) is 0 Å². The highest BCUT2D eigenvalue weighted by molar-refractivity contribution is 5.69. The van der Waals surface area contributed by atoms with Gasteiger partial charge in [0.25, 0.3) is 0 Å². The summed E-state index contributed by atoms with van der Waals surface area (Å²) >= 11 is 0. The zero-order valence-corrected chi connectivity index (χ0v) is 10.9. The molecule has 0 bridgehead atoms. The molecule has 0 aliphatic carbocycles. The van der Waals surface area contributed by atoms with Gasteiger partial charge in [0.2, 0.25) is 0 Å². The van der Waals surface area contributed by atoms with Crippen molar-refractivity contribution in [1.82, 2.24) is 0 Å². The summed E-state index contributed by atoms with van der Waals surface area (Å²) in [7, 11) is 1.66. The van der Waals surface area contributed by atoms with Crippen molar-refractivity contribution in [2.24, 2.45) is 5.73 Å². The van der Waals surface area contributed by atoms with Crippen molar-refractivity contribution in [3.05, 3.63) is 53.6 Å². The minimum Gasteiger partial charge on any atom is -0.497 e. The van der Waals surface area contributed by atoms with Crippen LogP contribution in [0.25, 0.3) is 11.1 Å². The van der Waals surface area contributed by atoms with Gasteiger partial charge in [-0.2, -0.15) is 5.26 Å². The van der Waals surface area contributed by atoms with E-state index in [-0.39, 0.29) is 0 Å². The predicted molar refractivity (Wildman–Crippen MR) is 75.9 cm³/mol. The Morgan fingerprint density at radius 1 is 1.16 bits per heavy atom. The maximum absolute atomic E-state index is 8.82. The molecule has 3 heteroatoms. The van der Waals surface area contributed by atoms with Crippen molar-refractivity contribution in [2.75, 3.05) is 13.7 Å². The van der Waals surface area contributed by atoms with E-state index in [9.17, 15) is 0 Å². The van der Waals surface area contributed by atoms with Gasteiger partial charge < -0.3 is 10.5 Å². The first-order valence-electron chi connectivity index (χ1n) is 6.16. The zero-order valence-electron chi connectivity index (χ0n) is 10.9. The van der Waals surface area contributed by atoms with Crippen molar-refractivity contribution in [3.63, 3.8) is 0 Å². The van der Waals surface area contributed by atoms with Crippen molar-refractivity contribution in [3.8, 4) is 22.9 Å². The molecule has 2 rings (SSSR count). The number of methoxy groups -OCH3 is 1. The second kappa shape index (κ2) is 6.03. The molecule has 0 saturated carbocycles. The summed E-state index contributed by atoms with van der Waals surface area (Å²) in [5, 5.41) is 8.82. The van der Waals surface area contributed by atoms with Gasteiger partial charge in [0, 0.05) is 0 Å². The van der Waals surface area contributed by atoms with E-state index < -0.39 is 0 Å². The quantitative estimate of drug-likeness (QED) is 0.910. The minimum absolute atomic E-state index is 0.594. The van der Waals surface area contributed by atoms with E-state index >= 15 is 0 Å². The van der Waals surface area contributed by atoms with Gasteiger partial charge in [-0.25, -0.2) is 0 Å². The van der Waals surface area contributed by atoms with Crippen LogP contribution in [-0.4, -0.2) is 13.7 Å². The Morgan fingerprint density at radius 3 is 2.47 bits per heavy atom. The van der Waals surface area contributed by atoms with Gasteiger partial charge in [-0.3, -0.25) is 0 Å². The van der Waals surface area contributed by atoms with E-state index in [4.69, 9.17) is 15.7 Å². The van der Waals surface area contributed by atoms with E-state index in [0.29, 0.717) is 12.1 Å². The summed E-state index contributed by atoms with van der Waals surface area (Å²) in [6.45, 7) is 0.594. The van der Waals surface area contributed by atoms with Crippen LogP contribution in [0.1, 0.15) is 11.1 Å². The molecule has 0 fully saturated rings. The molecule has 96 valence electrons. The van der Waals surface area contributed by atoms with Gasteiger partial charge in [-0.05, 0) is 53.9 Å². The monoisotopic (exact) mass is 252 g/mol. The lowest BCUT2D eigenvalue weighted by Crippen LogP contribution is -2.04. The third-order valence-corrected chi connectivity index (χ3v) is 3.05. The highest BCUT2D eigenvalue weighted by atomic mass is 16.5. The fraction of sp³-hybridized carbons (Fsp3) is 0.188. The van der Waals surface area contributed by atoms with E-state index in [1.807, 2.05) is 42.5 Å². The fourth-order valence-electron chi connectivity index (χ4n) is 2.07. The molecule has 0 aliphatic heterocycles. The Bertz CT molecular complexity index is 597. The molecule has 0 radical (unpaired) electrons. The highest BCUT2D eigenvalue weighted by Gasteiger charge is 2.06. The molecule has 0 aromatic heterocycles. The third-order valence-electron chi connectivity index (χ3n) is 3.05. The lowest BCUT2D eigenvalue weighted by molar-refractivity contribution is 0.414. The smallest absolute Gasteiger partial charge is 0.119 e. The van der Waals surface area contributed by atoms with Crippen LogP contribution in [0.15, 0.2) is 42.5 Å². The summed E-state index contributed by atoms with van der Waals surface area (Å²) in [5.41, 5.74) is 9.71. The van der Waals surface area contributed by atoms with Crippen LogP contribution in [0.2, 0.25) is 0 Å². The number of nitrogens with two attached hydrogens (primary N) is 1. The van der Waals surface area contributed by atoms with Crippen LogP contribution in [0.4, 0.5) is 0 Å². The van der Waals surface area contributed by atoms with Gasteiger partial charge in [0.05, 0.1) is 18.7 Å². The number of hydrogen-bond donors (Lipinski definition) is 1. The van der Waals surface area contributed by atoms with Crippen LogP contribution in [0, 0.1) is 11.3 Å². The Balaban J connectivity index is 2.44. The number of ether oxygens (including phenoxy) is 1. The van der Waals surface area contributed by atoms with Crippen LogP contribution >= 0.6 is 0 Å². The molecule has 0 saturated heterocycles. The standard InChI is InChI=1S/C16H16N2O/c1-19-15-6-7-16(14(10-15)8-9-17)13-4-2-12(11-18)3-5-13/h2-7,10H,8-9,17H2,1H3. The molecular formula is C16H16N2O. The van der Waals surface area contributed by atoms with Gasteiger partial charge >= 0.3 is 0 Å². The SMILES string of the molecule is COc1ccc(-c2ccc(C#N)cc2)c(CCN)c1. The van der Waals surface area contributed by atoms with Crippen LogP contribution in [0.5, 0.6) is 5.75 Å². The molecule has 0 unspecified atom stereocenters. The summed E-state index contributed by atoms with van der Waals surface area (Å²) < 4.78 is 5.24. The molecule has 19 heavy (non-hydrogen) atoms. The summed E-state index contributed by atoms with van der Waals surface area (Å²) in [6.07, 6.45) is 0.798. The fourth-order valence-corrected chi connectivity index (χ4v) is 2.07. The average Bonchev–Trinajstić information content (AvgIpc) is 2.47. The molecule has 3 nitrogen and oxygen atoms in total. The molecule has 2 aromatic carbocycles. The molecule has 0 atom stereocenters. The van der Waals surface area contributed by atoms with E-state index in [0.717, 1.165) is 28.9 Å². The van der Waals surface area contributed by atoms with Crippen molar-refractivity contribution in [1.29, 1.82) is 5.26 Å². The maximum atomic E-state index is 8.82. The number of nitrogens with zero attached hydrogens (tertiary/aromatic N) is 1. The lowest BCUT2D eigenvalue weighted by Gasteiger charge is -2.11. The molecular weight excluding hydrogens is 236 g/mol. The predicted octanol–water partition coefficient (Wildman–Crippen LogP) is 2.74. The molecule has 0 spiro atoms. The number of rotatable bonds is 4.